The standard InChI is InChI=1S/C18H17F3N6O/c19-18(20,21)12-6-11(7-24-16(12)22)10-3-4-15-25-14(9-27(15)8-10)26-17(28)13-2-1-5-23-13/h3-4,6-9,13,23H,1-2,5H2,(H2,22,24)(H,26,28). The van der Waals surface area contributed by atoms with Crippen molar-refractivity contribution in [2.24, 2.45) is 0 Å². The zero-order chi connectivity index (χ0) is 19.9. The third-order valence-electron chi connectivity index (χ3n) is 4.64. The van der Waals surface area contributed by atoms with Gasteiger partial charge in [0.25, 0.3) is 0 Å². The highest BCUT2D eigenvalue weighted by molar-refractivity contribution is 5.94. The van der Waals surface area contributed by atoms with Crippen molar-refractivity contribution in [1.82, 2.24) is 19.7 Å². The number of nitrogens with zero attached hydrogens (tertiary/aromatic N) is 3. The first-order valence-corrected chi connectivity index (χ1v) is 8.67. The predicted octanol–water partition coefficient (Wildman–Crippen LogP) is 2.69. The minimum Gasteiger partial charge on any atom is -0.383 e. The van der Waals surface area contributed by atoms with Crippen LogP contribution in [-0.2, 0) is 11.0 Å². The summed E-state index contributed by atoms with van der Waals surface area (Å²) in [4.78, 5) is 20.2. The SMILES string of the molecule is Nc1ncc(-c2ccc3nc(NC(=O)C4CCCN4)cn3c2)cc1C(F)(F)F. The Morgan fingerprint density at radius 1 is 1.29 bits per heavy atom. The minimum atomic E-state index is -4.59. The van der Waals surface area contributed by atoms with Crippen molar-refractivity contribution in [2.75, 3.05) is 17.6 Å². The number of nitrogen functional groups attached to an aromatic ring is 1. The number of pyridine rings is 2. The zero-order valence-corrected chi connectivity index (χ0v) is 14.6. The predicted molar refractivity (Wildman–Crippen MR) is 97.5 cm³/mol. The fourth-order valence-corrected chi connectivity index (χ4v) is 3.20. The Hall–Kier alpha value is -3.14. The number of carbonyl (C=O) groups is 1. The first-order chi connectivity index (χ1) is 13.3. The van der Waals surface area contributed by atoms with Crippen LogP contribution in [0.15, 0.2) is 36.8 Å². The van der Waals surface area contributed by atoms with Gasteiger partial charge in [0, 0.05) is 23.5 Å². The van der Waals surface area contributed by atoms with Gasteiger partial charge in [0.05, 0.1) is 17.8 Å². The number of aromatic nitrogens is 3. The highest BCUT2D eigenvalue weighted by Gasteiger charge is 2.34. The van der Waals surface area contributed by atoms with E-state index in [1.165, 1.54) is 6.20 Å². The normalized spacial score (nSPS) is 17.2. The summed E-state index contributed by atoms with van der Waals surface area (Å²) in [5.41, 5.74) is 5.72. The molecule has 4 rings (SSSR count). The van der Waals surface area contributed by atoms with Crippen molar-refractivity contribution < 1.29 is 18.0 Å². The van der Waals surface area contributed by atoms with Crippen molar-refractivity contribution in [3.63, 3.8) is 0 Å². The lowest BCUT2D eigenvalue weighted by atomic mass is 10.1. The molecule has 0 spiro atoms. The fraction of sp³-hybridized carbons (Fsp3) is 0.278. The maximum absolute atomic E-state index is 13.1. The minimum absolute atomic E-state index is 0.154. The molecule has 28 heavy (non-hydrogen) atoms. The number of hydrogen-bond acceptors (Lipinski definition) is 5. The fourth-order valence-electron chi connectivity index (χ4n) is 3.20. The van der Waals surface area contributed by atoms with Gasteiger partial charge in [-0.15, -0.1) is 0 Å². The van der Waals surface area contributed by atoms with E-state index >= 15 is 0 Å². The van der Waals surface area contributed by atoms with Crippen molar-refractivity contribution >= 4 is 23.2 Å². The van der Waals surface area contributed by atoms with Crippen LogP contribution in [-0.4, -0.2) is 32.9 Å². The second-order valence-electron chi connectivity index (χ2n) is 6.60. The smallest absolute Gasteiger partial charge is 0.383 e. The van der Waals surface area contributed by atoms with E-state index < -0.39 is 17.6 Å². The number of amides is 1. The molecule has 0 bridgehead atoms. The van der Waals surface area contributed by atoms with Crippen LogP contribution in [0, 0.1) is 0 Å². The summed E-state index contributed by atoms with van der Waals surface area (Å²) in [5.74, 6) is -0.341. The van der Waals surface area contributed by atoms with E-state index in [2.05, 4.69) is 20.6 Å². The Morgan fingerprint density at radius 2 is 2.11 bits per heavy atom. The second-order valence-corrected chi connectivity index (χ2v) is 6.60. The molecule has 10 heteroatoms. The molecule has 0 aromatic carbocycles. The summed E-state index contributed by atoms with van der Waals surface area (Å²) in [5, 5.41) is 5.87. The summed E-state index contributed by atoms with van der Waals surface area (Å²) in [7, 11) is 0. The van der Waals surface area contributed by atoms with Gasteiger partial charge in [0.15, 0.2) is 5.82 Å². The third-order valence-corrected chi connectivity index (χ3v) is 4.64. The van der Waals surface area contributed by atoms with Gasteiger partial charge >= 0.3 is 6.18 Å². The third kappa shape index (κ3) is 3.50. The molecule has 146 valence electrons. The van der Waals surface area contributed by atoms with E-state index in [1.807, 2.05) is 0 Å². The van der Waals surface area contributed by atoms with Crippen LogP contribution in [0.3, 0.4) is 0 Å². The molecule has 0 saturated carbocycles. The van der Waals surface area contributed by atoms with E-state index in [4.69, 9.17) is 5.73 Å². The molecule has 4 heterocycles. The molecule has 1 unspecified atom stereocenters. The van der Waals surface area contributed by atoms with E-state index in [0.29, 0.717) is 17.0 Å². The monoisotopic (exact) mass is 390 g/mol. The lowest BCUT2D eigenvalue weighted by Gasteiger charge is -2.11. The molecule has 0 radical (unpaired) electrons. The van der Waals surface area contributed by atoms with Crippen molar-refractivity contribution in [2.45, 2.75) is 25.1 Å². The highest BCUT2D eigenvalue weighted by atomic mass is 19.4. The van der Waals surface area contributed by atoms with E-state index in [-0.39, 0.29) is 17.5 Å². The molecular weight excluding hydrogens is 373 g/mol. The van der Waals surface area contributed by atoms with Gasteiger partial charge in [-0.1, -0.05) is 0 Å². The van der Waals surface area contributed by atoms with Gasteiger partial charge in [0.1, 0.15) is 11.5 Å². The number of imidazole rings is 1. The number of nitrogens with two attached hydrogens (primary N) is 1. The number of carbonyl (C=O) groups excluding carboxylic acids is 1. The number of alkyl halides is 3. The molecule has 1 aliphatic rings. The van der Waals surface area contributed by atoms with Crippen LogP contribution in [0.4, 0.5) is 24.8 Å². The number of anilines is 2. The average molecular weight is 390 g/mol. The lowest BCUT2D eigenvalue weighted by Crippen LogP contribution is -2.35. The van der Waals surface area contributed by atoms with Crippen molar-refractivity contribution in [3.05, 3.63) is 42.4 Å². The quantitative estimate of drug-likeness (QED) is 0.639. The second kappa shape index (κ2) is 6.79. The Balaban J connectivity index is 1.62. The van der Waals surface area contributed by atoms with Crippen LogP contribution in [0.5, 0.6) is 0 Å². The summed E-state index contributed by atoms with van der Waals surface area (Å²) in [6.07, 6.45) is 1.66. The largest absolute Gasteiger partial charge is 0.419 e. The molecule has 1 atom stereocenters. The Bertz CT molecular complexity index is 1040. The maximum Gasteiger partial charge on any atom is 0.419 e. The number of nitrogens with one attached hydrogen (secondary N) is 2. The zero-order valence-electron chi connectivity index (χ0n) is 14.6. The molecule has 3 aromatic rings. The lowest BCUT2D eigenvalue weighted by molar-refractivity contribution is -0.137. The topological polar surface area (TPSA) is 97.3 Å². The molecule has 1 fully saturated rings. The van der Waals surface area contributed by atoms with Gasteiger partial charge in [-0.3, -0.25) is 4.79 Å². The van der Waals surface area contributed by atoms with E-state index in [9.17, 15) is 18.0 Å². The molecular formula is C18H17F3N6O. The van der Waals surface area contributed by atoms with Crippen molar-refractivity contribution in [1.29, 1.82) is 0 Å². The highest BCUT2D eigenvalue weighted by Crippen LogP contribution is 2.35. The van der Waals surface area contributed by atoms with Crippen LogP contribution < -0.4 is 16.4 Å². The molecule has 1 amide bonds. The number of halogens is 3. The van der Waals surface area contributed by atoms with E-state index in [1.54, 1.807) is 28.9 Å². The number of hydrogen-bond donors (Lipinski definition) is 3. The maximum atomic E-state index is 13.1. The summed E-state index contributed by atoms with van der Waals surface area (Å²) in [6, 6.07) is 4.03. The van der Waals surface area contributed by atoms with Gasteiger partial charge in [-0.05, 0) is 37.6 Å². The van der Waals surface area contributed by atoms with Crippen LogP contribution in [0.25, 0.3) is 16.8 Å². The molecule has 0 aliphatic carbocycles. The van der Waals surface area contributed by atoms with Crippen molar-refractivity contribution in [3.8, 4) is 11.1 Å². The summed E-state index contributed by atoms with van der Waals surface area (Å²) < 4.78 is 40.8. The summed E-state index contributed by atoms with van der Waals surface area (Å²) >= 11 is 0. The molecule has 3 aromatic heterocycles. The van der Waals surface area contributed by atoms with E-state index in [0.717, 1.165) is 25.5 Å². The Labute approximate surface area is 157 Å². The molecule has 7 nitrogen and oxygen atoms in total. The number of rotatable bonds is 3. The number of fused-ring (bicyclic) bond motifs is 1. The average Bonchev–Trinajstić information content (AvgIpc) is 3.30. The van der Waals surface area contributed by atoms with Gasteiger partial charge in [-0.25, -0.2) is 9.97 Å². The molecule has 1 saturated heterocycles. The van der Waals surface area contributed by atoms with Gasteiger partial charge < -0.3 is 20.8 Å². The molecule has 1 aliphatic heterocycles. The Morgan fingerprint density at radius 3 is 2.82 bits per heavy atom. The van der Waals surface area contributed by atoms with Crippen LogP contribution >= 0.6 is 0 Å². The van der Waals surface area contributed by atoms with Crippen LogP contribution in [0.2, 0.25) is 0 Å². The Kier molecular flexibility index (Phi) is 4.42. The van der Waals surface area contributed by atoms with Gasteiger partial charge in [-0.2, -0.15) is 13.2 Å². The first kappa shape index (κ1) is 18.2. The summed E-state index contributed by atoms with van der Waals surface area (Å²) in [6.45, 7) is 0.808. The van der Waals surface area contributed by atoms with Crippen LogP contribution in [0.1, 0.15) is 18.4 Å². The molecule has 4 N–H and O–H groups in total. The first-order valence-electron chi connectivity index (χ1n) is 8.67. The van der Waals surface area contributed by atoms with Gasteiger partial charge in [0.2, 0.25) is 5.91 Å².